The van der Waals surface area contributed by atoms with E-state index in [1.807, 2.05) is 0 Å². The third-order valence-corrected chi connectivity index (χ3v) is 5.05. The first-order valence-corrected chi connectivity index (χ1v) is 7.33. The largest absolute Gasteiger partial charge is 0.348 e. The van der Waals surface area contributed by atoms with E-state index < -0.39 is 0 Å². The summed E-state index contributed by atoms with van der Waals surface area (Å²) in [4.78, 5) is 12.7. The highest BCUT2D eigenvalue weighted by Crippen LogP contribution is 2.30. The zero-order chi connectivity index (χ0) is 12.4. The second-order valence-electron chi connectivity index (χ2n) is 4.95. The number of nitrogens with one attached hydrogen (secondary N) is 1. The molecule has 2 rings (SSSR count). The quantitative estimate of drug-likeness (QED) is 0.867. The predicted octanol–water partition coefficient (Wildman–Crippen LogP) is 3.96. The Morgan fingerprint density at radius 1 is 1.41 bits per heavy atom. The first-order valence-electron chi connectivity index (χ1n) is 6.14. The fraction of sp³-hybridized carbons (Fsp3) is 0.615. The van der Waals surface area contributed by atoms with Crippen molar-refractivity contribution in [1.82, 2.24) is 5.32 Å². The number of carbonyl (C=O) groups excluding carboxylic acids is 1. The summed E-state index contributed by atoms with van der Waals surface area (Å²) in [6.07, 6.45) is 3.58. The monoisotopic (exact) mass is 271 g/mol. The molecule has 2 nitrogen and oxygen atoms in total. The number of carbonyl (C=O) groups is 1. The second-order valence-corrected chi connectivity index (χ2v) is 6.67. The molecule has 17 heavy (non-hydrogen) atoms. The van der Waals surface area contributed by atoms with Gasteiger partial charge in [0.05, 0.1) is 9.21 Å². The lowest BCUT2D eigenvalue weighted by Crippen LogP contribution is -2.43. The van der Waals surface area contributed by atoms with Crippen molar-refractivity contribution in [3.8, 4) is 0 Å². The average Bonchev–Trinajstić information content (AvgIpc) is 2.72. The van der Waals surface area contributed by atoms with E-state index >= 15 is 0 Å². The van der Waals surface area contributed by atoms with Crippen LogP contribution in [0.25, 0.3) is 0 Å². The molecule has 1 heterocycles. The molecular weight excluding hydrogens is 254 g/mol. The normalized spacial score (nSPS) is 29.0. The van der Waals surface area contributed by atoms with Crippen molar-refractivity contribution in [2.45, 2.75) is 39.2 Å². The molecule has 1 amide bonds. The predicted molar refractivity (Wildman–Crippen MR) is 72.8 cm³/mol. The molecule has 1 saturated carbocycles. The Bertz CT molecular complexity index is 404. The van der Waals surface area contributed by atoms with Crippen LogP contribution in [0.3, 0.4) is 0 Å². The minimum absolute atomic E-state index is 0.0212. The molecule has 1 aromatic heterocycles. The number of hydrogen-bond donors (Lipinski definition) is 1. The Kier molecular flexibility index (Phi) is 4.10. The molecular formula is C13H18ClNOS. The molecule has 94 valence electrons. The Labute approximate surface area is 111 Å². The number of thiophene rings is 1. The van der Waals surface area contributed by atoms with Crippen LogP contribution in [0.5, 0.6) is 0 Å². The molecule has 0 saturated heterocycles. The van der Waals surface area contributed by atoms with Gasteiger partial charge in [-0.1, -0.05) is 38.3 Å². The highest BCUT2D eigenvalue weighted by Gasteiger charge is 2.28. The van der Waals surface area contributed by atoms with Crippen LogP contribution in [0.2, 0.25) is 4.34 Å². The minimum atomic E-state index is 0.0212. The lowest BCUT2D eigenvalue weighted by atomic mass is 9.78. The van der Waals surface area contributed by atoms with E-state index in [-0.39, 0.29) is 5.91 Å². The molecule has 3 atom stereocenters. The van der Waals surface area contributed by atoms with Crippen LogP contribution in [-0.2, 0) is 0 Å². The molecule has 0 spiro atoms. The van der Waals surface area contributed by atoms with Gasteiger partial charge in [0.2, 0.25) is 0 Å². The van der Waals surface area contributed by atoms with Crippen molar-refractivity contribution in [1.29, 1.82) is 0 Å². The number of halogens is 1. The van der Waals surface area contributed by atoms with Crippen molar-refractivity contribution in [3.05, 3.63) is 21.3 Å². The van der Waals surface area contributed by atoms with Gasteiger partial charge in [-0.2, -0.15) is 0 Å². The lowest BCUT2D eigenvalue weighted by Gasteiger charge is -2.34. The maximum Gasteiger partial charge on any atom is 0.261 e. The van der Waals surface area contributed by atoms with Gasteiger partial charge in [-0.3, -0.25) is 4.79 Å². The van der Waals surface area contributed by atoms with Gasteiger partial charge < -0.3 is 5.32 Å². The molecule has 1 N–H and O–H groups in total. The van der Waals surface area contributed by atoms with E-state index in [9.17, 15) is 4.79 Å². The smallest absolute Gasteiger partial charge is 0.261 e. The van der Waals surface area contributed by atoms with Gasteiger partial charge in [0.1, 0.15) is 0 Å². The van der Waals surface area contributed by atoms with Crippen LogP contribution in [0.15, 0.2) is 12.1 Å². The van der Waals surface area contributed by atoms with E-state index in [1.165, 1.54) is 24.2 Å². The Morgan fingerprint density at radius 3 is 2.82 bits per heavy atom. The zero-order valence-corrected chi connectivity index (χ0v) is 11.8. The van der Waals surface area contributed by atoms with Gasteiger partial charge in [-0.15, -0.1) is 11.3 Å². The van der Waals surface area contributed by atoms with Crippen LogP contribution in [0.1, 0.15) is 42.8 Å². The van der Waals surface area contributed by atoms with Gasteiger partial charge in [-0.25, -0.2) is 0 Å². The Hall–Kier alpha value is -0.540. The molecule has 1 aliphatic carbocycles. The van der Waals surface area contributed by atoms with Gasteiger partial charge in [0, 0.05) is 6.04 Å². The number of hydrogen-bond acceptors (Lipinski definition) is 2. The van der Waals surface area contributed by atoms with Gasteiger partial charge in [-0.05, 0) is 30.4 Å². The molecule has 4 heteroatoms. The maximum absolute atomic E-state index is 12.0. The van der Waals surface area contributed by atoms with Gasteiger partial charge >= 0.3 is 0 Å². The summed E-state index contributed by atoms with van der Waals surface area (Å²) in [5, 5.41) is 3.14. The SMILES string of the molecule is C[C@@H]1[C@H](C)CCC[C@@H]1NC(=O)c1ccc(Cl)s1. The third kappa shape index (κ3) is 3.02. The highest BCUT2D eigenvalue weighted by molar-refractivity contribution is 7.17. The first-order chi connectivity index (χ1) is 8.08. The van der Waals surface area contributed by atoms with Crippen LogP contribution in [0, 0.1) is 11.8 Å². The minimum Gasteiger partial charge on any atom is -0.348 e. The summed E-state index contributed by atoms with van der Waals surface area (Å²) in [6, 6.07) is 3.87. The standard InChI is InChI=1S/C13H18ClNOS/c1-8-4-3-5-10(9(8)2)15-13(16)11-6-7-12(14)17-11/h6-10H,3-5H2,1-2H3,(H,15,16)/t8-,9-,10+/m1/s1. The summed E-state index contributed by atoms with van der Waals surface area (Å²) in [7, 11) is 0. The molecule has 0 aliphatic heterocycles. The second kappa shape index (κ2) is 5.40. The number of rotatable bonds is 2. The van der Waals surface area contributed by atoms with E-state index in [1.54, 1.807) is 12.1 Å². The third-order valence-electron chi connectivity index (χ3n) is 3.82. The Balaban J connectivity index is 1.98. The fourth-order valence-electron chi connectivity index (χ4n) is 2.46. The van der Waals surface area contributed by atoms with E-state index in [2.05, 4.69) is 19.2 Å². The summed E-state index contributed by atoms with van der Waals surface area (Å²) < 4.78 is 0.667. The molecule has 0 aromatic carbocycles. The van der Waals surface area contributed by atoms with Crippen LogP contribution in [-0.4, -0.2) is 11.9 Å². The average molecular weight is 272 g/mol. The molecule has 1 aromatic rings. The lowest BCUT2D eigenvalue weighted by molar-refractivity contribution is 0.0895. The van der Waals surface area contributed by atoms with Gasteiger partial charge in [0.25, 0.3) is 5.91 Å². The van der Waals surface area contributed by atoms with Crippen molar-refractivity contribution in [2.24, 2.45) is 11.8 Å². The fourth-order valence-corrected chi connectivity index (χ4v) is 3.41. The van der Waals surface area contributed by atoms with Gasteiger partial charge in [0.15, 0.2) is 0 Å². The Morgan fingerprint density at radius 2 is 2.18 bits per heavy atom. The molecule has 0 unspecified atom stereocenters. The van der Waals surface area contributed by atoms with Crippen LogP contribution >= 0.6 is 22.9 Å². The molecule has 1 aliphatic rings. The summed E-state index contributed by atoms with van der Waals surface area (Å²) >= 11 is 7.18. The summed E-state index contributed by atoms with van der Waals surface area (Å²) in [5.74, 6) is 1.27. The maximum atomic E-state index is 12.0. The molecule has 0 radical (unpaired) electrons. The van der Waals surface area contributed by atoms with Crippen LogP contribution < -0.4 is 5.32 Å². The van der Waals surface area contributed by atoms with Crippen molar-refractivity contribution >= 4 is 28.8 Å². The topological polar surface area (TPSA) is 29.1 Å². The van der Waals surface area contributed by atoms with Crippen molar-refractivity contribution < 1.29 is 4.79 Å². The van der Waals surface area contributed by atoms with E-state index in [4.69, 9.17) is 11.6 Å². The zero-order valence-electron chi connectivity index (χ0n) is 10.2. The summed E-state index contributed by atoms with van der Waals surface area (Å²) in [5.41, 5.74) is 0. The van der Waals surface area contributed by atoms with E-state index in [0.29, 0.717) is 27.1 Å². The summed E-state index contributed by atoms with van der Waals surface area (Å²) in [6.45, 7) is 4.50. The number of amides is 1. The van der Waals surface area contributed by atoms with Crippen molar-refractivity contribution in [3.63, 3.8) is 0 Å². The van der Waals surface area contributed by atoms with Crippen molar-refractivity contribution in [2.75, 3.05) is 0 Å². The van der Waals surface area contributed by atoms with E-state index in [0.717, 1.165) is 6.42 Å². The molecule has 1 fully saturated rings. The first kappa shape index (κ1) is 12.9. The van der Waals surface area contributed by atoms with Crippen LogP contribution in [0.4, 0.5) is 0 Å². The highest BCUT2D eigenvalue weighted by atomic mass is 35.5. The molecule has 0 bridgehead atoms.